The van der Waals surface area contributed by atoms with E-state index in [1.165, 1.54) is 18.9 Å². The molecule has 2 aliphatic rings. The van der Waals surface area contributed by atoms with Gasteiger partial charge in [0.1, 0.15) is 11.5 Å². The molecule has 1 aliphatic carbocycles. The number of rotatable bonds is 5. The van der Waals surface area contributed by atoms with Crippen LogP contribution in [-0.4, -0.2) is 27.9 Å². The smallest absolute Gasteiger partial charge is 0.268 e. The lowest BCUT2D eigenvalue weighted by atomic mass is 10.0. The van der Waals surface area contributed by atoms with Crippen molar-refractivity contribution in [1.29, 1.82) is 0 Å². The van der Waals surface area contributed by atoms with E-state index in [0.717, 1.165) is 47.1 Å². The molecule has 2 aromatic rings. The van der Waals surface area contributed by atoms with Crippen LogP contribution >= 0.6 is 11.9 Å². The second-order valence-electron chi connectivity index (χ2n) is 8.13. The van der Waals surface area contributed by atoms with Crippen molar-refractivity contribution in [2.45, 2.75) is 44.6 Å². The monoisotopic (exact) mass is 413 g/mol. The maximum Gasteiger partial charge on any atom is 0.268 e. The Morgan fingerprint density at radius 2 is 2.07 bits per heavy atom. The van der Waals surface area contributed by atoms with Gasteiger partial charge in [0.05, 0.1) is 0 Å². The quantitative estimate of drug-likeness (QED) is 0.722. The topological polar surface area (TPSA) is 37.3 Å². The summed E-state index contributed by atoms with van der Waals surface area (Å²) in [6.07, 6.45) is 7.23. The van der Waals surface area contributed by atoms with Crippen molar-refractivity contribution >= 4 is 23.9 Å². The molecule has 1 N–H and O–H groups in total. The summed E-state index contributed by atoms with van der Waals surface area (Å²) >= 11 is 1.74. The summed E-state index contributed by atoms with van der Waals surface area (Å²) in [5.74, 6) is 0.350. The van der Waals surface area contributed by atoms with Gasteiger partial charge in [-0.25, -0.2) is 8.70 Å². The minimum atomic E-state index is -0.269. The number of hydrogen-bond acceptors (Lipinski definition) is 3. The minimum Gasteiger partial charge on any atom is -0.347 e. The normalized spacial score (nSPS) is 17.0. The Kier molecular flexibility index (Phi) is 5.83. The minimum absolute atomic E-state index is 0.173. The molecule has 154 valence electrons. The fourth-order valence-electron chi connectivity index (χ4n) is 4.01. The lowest BCUT2D eigenvalue weighted by Crippen LogP contribution is -2.27. The van der Waals surface area contributed by atoms with Crippen molar-refractivity contribution in [2.24, 2.45) is 13.0 Å². The zero-order valence-electron chi connectivity index (χ0n) is 17.3. The van der Waals surface area contributed by atoms with Crippen molar-refractivity contribution in [3.8, 4) is 0 Å². The number of amides is 1. The SMILES string of the molecule is Cc1c(SN2CCC(C)CC2)cc(C(=O)NCc2c(F)ccc3c2C=CC3)n1C. The van der Waals surface area contributed by atoms with Gasteiger partial charge in [-0.2, -0.15) is 0 Å². The van der Waals surface area contributed by atoms with Crippen molar-refractivity contribution in [3.05, 3.63) is 58.2 Å². The molecule has 0 spiro atoms. The highest BCUT2D eigenvalue weighted by Gasteiger charge is 2.22. The van der Waals surface area contributed by atoms with E-state index < -0.39 is 0 Å². The summed E-state index contributed by atoms with van der Waals surface area (Å²) < 4.78 is 18.6. The third-order valence-corrected chi connectivity index (χ3v) is 7.36. The number of carbonyl (C=O) groups excluding carboxylic acids is 1. The Labute approximate surface area is 176 Å². The van der Waals surface area contributed by atoms with Crippen LogP contribution in [0.2, 0.25) is 0 Å². The van der Waals surface area contributed by atoms with Crippen LogP contribution in [0.5, 0.6) is 0 Å². The number of hydrogen-bond donors (Lipinski definition) is 1. The van der Waals surface area contributed by atoms with Gasteiger partial charge in [0.15, 0.2) is 0 Å². The number of benzene rings is 1. The number of fused-ring (bicyclic) bond motifs is 1. The first-order valence-electron chi connectivity index (χ1n) is 10.3. The Morgan fingerprint density at radius 1 is 1.31 bits per heavy atom. The van der Waals surface area contributed by atoms with Crippen molar-refractivity contribution in [2.75, 3.05) is 13.1 Å². The van der Waals surface area contributed by atoms with E-state index in [2.05, 4.69) is 16.5 Å². The number of aromatic nitrogens is 1. The highest BCUT2D eigenvalue weighted by molar-refractivity contribution is 7.97. The molecule has 4 nitrogen and oxygen atoms in total. The molecule has 0 radical (unpaired) electrons. The van der Waals surface area contributed by atoms with Gasteiger partial charge in [-0.05, 0) is 67.3 Å². The van der Waals surface area contributed by atoms with Gasteiger partial charge < -0.3 is 9.88 Å². The van der Waals surface area contributed by atoms with Crippen LogP contribution in [0, 0.1) is 18.7 Å². The van der Waals surface area contributed by atoms with Crippen molar-refractivity contribution in [3.63, 3.8) is 0 Å². The Bertz CT molecular complexity index is 958. The summed E-state index contributed by atoms with van der Waals surface area (Å²) in [7, 11) is 1.91. The zero-order valence-corrected chi connectivity index (χ0v) is 18.1. The van der Waals surface area contributed by atoms with E-state index in [0.29, 0.717) is 11.3 Å². The Hall–Kier alpha value is -2.05. The van der Waals surface area contributed by atoms with Gasteiger partial charge in [0, 0.05) is 42.8 Å². The fourth-order valence-corrected chi connectivity index (χ4v) is 5.12. The Morgan fingerprint density at radius 3 is 2.83 bits per heavy atom. The first-order chi connectivity index (χ1) is 13.9. The average Bonchev–Trinajstić information content (AvgIpc) is 3.29. The average molecular weight is 414 g/mol. The molecule has 29 heavy (non-hydrogen) atoms. The highest BCUT2D eigenvalue weighted by atomic mass is 32.2. The predicted octanol–water partition coefficient (Wildman–Crippen LogP) is 4.71. The molecule has 6 heteroatoms. The van der Waals surface area contributed by atoms with Gasteiger partial charge in [0.25, 0.3) is 5.91 Å². The summed E-state index contributed by atoms with van der Waals surface area (Å²) in [5, 5.41) is 2.92. The van der Waals surface area contributed by atoms with E-state index >= 15 is 0 Å². The van der Waals surface area contributed by atoms with Crippen molar-refractivity contribution < 1.29 is 9.18 Å². The molecule has 0 saturated carbocycles. The van der Waals surface area contributed by atoms with E-state index in [1.807, 2.05) is 42.8 Å². The number of allylic oxidation sites excluding steroid dienone is 1. The summed E-state index contributed by atoms with van der Waals surface area (Å²) in [4.78, 5) is 14.0. The lowest BCUT2D eigenvalue weighted by Gasteiger charge is -2.28. The second kappa shape index (κ2) is 8.36. The summed E-state index contributed by atoms with van der Waals surface area (Å²) in [6.45, 7) is 6.69. The van der Waals surface area contributed by atoms with Crippen LogP contribution in [0.25, 0.3) is 6.08 Å². The van der Waals surface area contributed by atoms with Gasteiger partial charge in [-0.3, -0.25) is 4.79 Å². The number of nitrogens with one attached hydrogen (secondary N) is 1. The first-order valence-corrected chi connectivity index (χ1v) is 11.1. The molecule has 0 bridgehead atoms. The van der Waals surface area contributed by atoms with Crippen LogP contribution < -0.4 is 5.32 Å². The molecule has 1 saturated heterocycles. The van der Waals surface area contributed by atoms with Crippen LogP contribution in [0.4, 0.5) is 4.39 Å². The third kappa shape index (κ3) is 4.14. The number of carbonyl (C=O) groups is 1. The first kappa shape index (κ1) is 20.2. The van der Waals surface area contributed by atoms with Crippen LogP contribution in [-0.2, 0) is 20.0 Å². The van der Waals surface area contributed by atoms with Gasteiger partial charge >= 0.3 is 0 Å². The largest absolute Gasteiger partial charge is 0.347 e. The predicted molar refractivity (Wildman–Crippen MR) is 116 cm³/mol. The fraction of sp³-hybridized carbons (Fsp3) is 0.435. The standard InChI is InChI=1S/C23H28FN3OS/c1-15-9-11-27(12-10-15)29-22-13-21(26(3)16(22)2)23(28)25-14-19-18-6-4-5-17(18)7-8-20(19)24/h4,6-8,13,15H,5,9-12,14H2,1-3H3,(H,25,28). The Balaban J connectivity index is 1.46. The number of nitrogens with zero attached hydrogens (tertiary/aromatic N) is 2. The molecular weight excluding hydrogens is 385 g/mol. The van der Waals surface area contributed by atoms with Gasteiger partial charge in [-0.15, -0.1) is 0 Å². The third-order valence-electron chi connectivity index (χ3n) is 6.13. The molecule has 4 rings (SSSR count). The van der Waals surface area contributed by atoms with Gasteiger partial charge in [0.2, 0.25) is 0 Å². The molecule has 1 aliphatic heterocycles. The lowest BCUT2D eigenvalue weighted by molar-refractivity contribution is 0.0942. The second-order valence-corrected chi connectivity index (χ2v) is 9.27. The molecular formula is C23H28FN3OS. The van der Waals surface area contributed by atoms with Gasteiger partial charge in [-0.1, -0.05) is 25.1 Å². The maximum atomic E-state index is 14.3. The van der Waals surface area contributed by atoms with Crippen LogP contribution in [0.3, 0.4) is 0 Å². The molecule has 1 aromatic heterocycles. The summed E-state index contributed by atoms with van der Waals surface area (Å²) in [6, 6.07) is 5.27. The van der Waals surface area contributed by atoms with E-state index in [-0.39, 0.29) is 18.3 Å². The van der Waals surface area contributed by atoms with E-state index in [4.69, 9.17) is 0 Å². The molecule has 0 atom stereocenters. The van der Waals surface area contributed by atoms with Crippen molar-refractivity contribution in [1.82, 2.24) is 14.2 Å². The molecule has 2 heterocycles. The number of halogens is 1. The summed E-state index contributed by atoms with van der Waals surface area (Å²) in [5.41, 5.74) is 4.27. The molecule has 1 fully saturated rings. The molecule has 1 amide bonds. The highest BCUT2D eigenvalue weighted by Crippen LogP contribution is 2.32. The van der Waals surface area contributed by atoms with E-state index in [1.54, 1.807) is 11.9 Å². The van der Waals surface area contributed by atoms with Crippen LogP contribution in [0.1, 0.15) is 52.6 Å². The van der Waals surface area contributed by atoms with Crippen LogP contribution in [0.15, 0.2) is 29.2 Å². The van der Waals surface area contributed by atoms with E-state index in [9.17, 15) is 9.18 Å². The molecule has 1 aromatic carbocycles. The molecule has 0 unspecified atom stereocenters. The maximum absolute atomic E-state index is 14.3. The number of piperidine rings is 1. The zero-order chi connectivity index (χ0) is 20.5.